The predicted octanol–water partition coefficient (Wildman–Crippen LogP) is 2.53. The summed E-state index contributed by atoms with van der Waals surface area (Å²) in [5.74, 6) is -0.368. The molecule has 0 bridgehead atoms. The molecule has 1 aliphatic rings. The minimum atomic E-state index is -1.24. The van der Waals surface area contributed by atoms with Crippen LogP contribution in [-0.4, -0.2) is 27.6 Å². The first-order chi connectivity index (χ1) is 11.5. The lowest BCUT2D eigenvalue weighted by atomic mass is 10.1. The topological polar surface area (TPSA) is 73.6 Å². The van der Waals surface area contributed by atoms with Crippen LogP contribution in [0.15, 0.2) is 45.7 Å². The Bertz CT molecular complexity index is 869. The monoisotopic (exact) mass is 358 g/mol. The van der Waals surface area contributed by atoms with Gasteiger partial charge in [0.2, 0.25) is 0 Å². The van der Waals surface area contributed by atoms with Crippen LogP contribution in [0.4, 0.5) is 0 Å². The average molecular weight is 358 g/mol. The van der Waals surface area contributed by atoms with Gasteiger partial charge in [0.1, 0.15) is 15.8 Å². The third kappa shape index (κ3) is 3.13. The molecular weight excluding hydrogens is 346 g/mol. The van der Waals surface area contributed by atoms with Crippen LogP contribution in [0.2, 0.25) is 0 Å². The minimum absolute atomic E-state index is 0.0780. The molecule has 3 rings (SSSR count). The van der Waals surface area contributed by atoms with Gasteiger partial charge < -0.3 is 14.3 Å². The van der Waals surface area contributed by atoms with Crippen molar-refractivity contribution in [1.29, 1.82) is 0 Å². The number of hydrogen-bond donors (Lipinski definition) is 0. The Hall–Kier alpha value is -2.38. The first-order valence-corrected chi connectivity index (χ1v) is 8.39. The Morgan fingerprint density at radius 2 is 2.17 bits per heavy atom. The van der Waals surface area contributed by atoms with Crippen molar-refractivity contribution in [3.05, 3.63) is 52.6 Å². The normalized spacial score (nSPS) is 16.2. The highest BCUT2D eigenvalue weighted by molar-refractivity contribution is 8.26. The highest BCUT2D eigenvalue weighted by Gasteiger charge is 2.30. The average Bonchev–Trinajstić information content (AvgIpc) is 3.13. The second-order valence-electron chi connectivity index (χ2n) is 5.00. The van der Waals surface area contributed by atoms with E-state index < -0.39 is 5.97 Å². The fraction of sp³-hybridized carbons (Fsp3) is 0.118. The van der Waals surface area contributed by atoms with Crippen LogP contribution in [0, 0.1) is 0 Å². The van der Waals surface area contributed by atoms with E-state index in [0.717, 1.165) is 0 Å². The fourth-order valence-corrected chi connectivity index (χ4v) is 3.65. The molecule has 1 aromatic heterocycles. The third-order valence-corrected chi connectivity index (χ3v) is 4.85. The van der Waals surface area contributed by atoms with E-state index in [1.54, 1.807) is 30.3 Å². The van der Waals surface area contributed by atoms with E-state index >= 15 is 0 Å². The Balaban J connectivity index is 1.88. The summed E-state index contributed by atoms with van der Waals surface area (Å²) in [5, 5.41) is 10.9. The van der Waals surface area contributed by atoms with Crippen LogP contribution < -0.4 is 5.11 Å². The number of aromatic carboxylic acids is 1. The zero-order valence-corrected chi connectivity index (χ0v) is 14.3. The molecule has 0 N–H and O–H groups in total. The number of amides is 1. The molecule has 24 heavy (non-hydrogen) atoms. The number of likely N-dealkylation sites (N-methyl/N-ethyl adjacent to an activating group) is 1. The molecule has 2 aromatic rings. The van der Waals surface area contributed by atoms with Crippen molar-refractivity contribution in [2.45, 2.75) is 6.92 Å². The molecule has 1 fully saturated rings. The number of carbonyl (C=O) groups is 2. The lowest BCUT2D eigenvalue weighted by molar-refractivity contribution is -0.255. The number of benzene rings is 1. The minimum Gasteiger partial charge on any atom is -0.545 e. The number of thioether (sulfide) groups is 1. The van der Waals surface area contributed by atoms with Crippen molar-refractivity contribution >= 4 is 46.3 Å². The molecule has 1 aromatic carbocycles. The largest absolute Gasteiger partial charge is 0.545 e. The summed E-state index contributed by atoms with van der Waals surface area (Å²) in [7, 11) is 0. The van der Waals surface area contributed by atoms with Crippen molar-refractivity contribution in [2.24, 2.45) is 0 Å². The van der Waals surface area contributed by atoms with Gasteiger partial charge in [-0.15, -0.1) is 0 Å². The van der Waals surface area contributed by atoms with E-state index in [9.17, 15) is 14.7 Å². The second-order valence-corrected chi connectivity index (χ2v) is 6.67. The quantitative estimate of drug-likeness (QED) is 0.618. The summed E-state index contributed by atoms with van der Waals surface area (Å²) in [6.07, 6.45) is 1.64. The van der Waals surface area contributed by atoms with Crippen molar-refractivity contribution < 1.29 is 19.1 Å². The third-order valence-electron chi connectivity index (χ3n) is 3.47. The van der Waals surface area contributed by atoms with Crippen molar-refractivity contribution in [3.63, 3.8) is 0 Å². The molecule has 0 radical (unpaired) electrons. The summed E-state index contributed by atoms with van der Waals surface area (Å²) >= 11 is 6.40. The number of rotatable bonds is 4. The van der Waals surface area contributed by atoms with Crippen LogP contribution >= 0.6 is 24.0 Å². The smallest absolute Gasteiger partial charge is 0.266 e. The zero-order valence-electron chi connectivity index (χ0n) is 12.6. The lowest BCUT2D eigenvalue weighted by Crippen LogP contribution is -2.27. The zero-order chi connectivity index (χ0) is 17.3. The SMILES string of the molecule is CCN1C(=O)C(=Cc2ccc(-c3cccc(C(=O)[O-])c3)o2)SC1=S. The first-order valence-electron chi connectivity index (χ1n) is 7.16. The molecule has 0 saturated carbocycles. The molecule has 2 heterocycles. The molecule has 0 atom stereocenters. The summed E-state index contributed by atoms with van der Waals surface area (Å²) in [6.45, 7) is 2.39. The molecule has 1 saturated heterocycles. The molecule has 0 spiro atoms. The highest BCUT2D eigenvalue weighted by atomic mass is 32.2. The van der Waals surface area contributed by atoms with Crippen LogP contribution in [0.1, 0.15) is 23.0 Å². The van der Waals surface area contributed by atoms with Gasteiger partial charge in [0.25, 0.3) is 5.91 Å². The number of carboxylic acid groups (broad SMARTS) is 1. The number of nitrogens with zero attached hydrogens (tertiary/aromatic N) is 1. The standard InChI is InChI=1S/C17H13NO4S2/c1-2-18-15(19)14(24-17(18)23)9-12-6-7-13(22-12)10-4-3-5-11(8-10)16(20)21/h3-9H,2H2,1H3,(H,20,21)/p-1. The van der Waals surface area contributed by atoms with Crippen molar-refractivity contribution in [1.82, 2.24) is 4.90 Å². The van der Waals surface area contributed by atoms with Gasteiger partial charge in [-0.1, -0.05) is 42.2 Å². The van der Waals surface area contributed by atoms with Gasteiger partial charge in [0, 0.05) is 18.2 Å². The van der Waals surface area contributed by atoms with Gasteiger partial charge in [-0.2, -0.15) is 0 Å². The predicted molar refractivity (Wildman–Crippen MR) is 94.0 cm³/mol. The van der Waals surface area contributed by atoms with E-state index in [-0.39, 0.29) is 11.5 Å². The van der Waals surface area contributed by atoms with E-state index in [2.05, 4.69) is 0 Å². The number of thiocarbonyl (C=S) groups is 1. The molecule has 7 heteroatoms. The van der Waals surface area contributed by atoms with E-state index in [0.29, 0.717) is 32.9 Å². The lowest BCUT2D eigenvalue weighted by Gasteiger charge is -2.09. The number of carbonyl (C=O) groups excluding carboxylic acids is 2. The Morgan fingerprint density at radius 1 is 1.38 bits per heavy atom. The Labute approximate surface area is 148 Å². The maximum Gasteiger partial charge on any atom is 0.266 e. The second kappa shape index (κ2) is 6.62. The van der Waals surface area contributed by atoms with E-state index in [1.165, 1.54) is 28.8 Å². The van der Waals surface area contributed by atoms with Crippen LogP contribution in [0.25, 0.3) is 17.4 Å². The number of hydrogen-bond acceptors (Lipinski definition) is 6. The summed E-state index contributed by atoms with van der Waals surface area (Å²) in [6, 6.07) is 9.74. The van der Waals surface area contributed by atoms with Crippen LogP contribution in [-0.2, 0) is 4.79 Å². The summed E-state index contributed by atoms with van der Waals surface area (Å²) in [5.41, 5.74) is 0.701. The fourth-order valence-electron chi connectivity index (χ4n) is 2.29. The van der Waals surface area contributed by atoms with Crippen LogP contribution in [0.5, 0.6) is 0 Å². The molecule has 5 nitrogen and oxygen atoms in total. The van der Waals surface area contributed by atoms with Gasteiger partial charge in [-0.25, -0.2) is 0 Å². The van der Waals surface area contributed by atoms with Gasteiger partial charge in [-0.3, -0.25) is 9.69 Å². The van der Waals surface area contributed by atoms with Gasteiger partial charge >= 0.3 is 0 Å². The van der Waals surface area contributed by atoms with Gasteiger partial charge in [0.05, 0.1) is 10.9 Å². The van der Waals surface area contributed by atoms with Gasteiger partial charge in [-0.05, 0) is 30.7 Å². The van der Waals surface area contributed by atoms with Gasteiger partial charge in [0.15, 0.2) is 0 Å². The van der Waals surface area contributed by atoms with Crippen LogP contribution in [0.3, 0.4) is 0 Å². The molecular formula is C17H12NO4S2-. The van der Waals surface area contributed by atoms with E-state index in [1.807, 2.05) is 6.92 Å². The van der Waals surface area contributed by atoms with Crippen molar-refractivity contribution in [3.8, 4) is 11.3 Å². The van der Waals surface area contributed by atoms with E-state index in [4.69, 9.17) is 16.6 Å². The molecule has 0 unspecified atom stereocenters. The summed E-state index contributed by atoms with van der Waals surface area (Å²) < 4.78 is 6.23. The first kappa shape index (κ1) is 16.5. The molecule has 122 valence electrons. The molecule has 0 aliphatic carbocycles. The number of carboxylic acids is 1. The molecule has 1 amide bonds. The number of furan rings is 1. The maximum absolute atomic E-state index is 12.2. The summed E-state index contributed by atoms with van der Waals surface area (Å²) in [4.78, 5) is 25.2. The molecule has 1 aliphatic heterocycles. The van der Waals surface area contributed by atoms with Crippen molar-refractivity contribution in [2.75, 3.05) is 6.54 Å². The Kier molecular flexibility index (Phi) is 4.55. The maximum atomic E-state index is 12.2. The Morgan fingerprint density at radius 3 is 2.83 bits per heavy atom. The highest BCUT2D eigenvalue weighted by Crippen LogP contribution is 2.33.